The quantitative estimate of drug-likeness (QED) is 0.0868. The number of unbranched alkanes of at least 4 members (excludes halogenated alkanes) is 1. The molecular weight excluding hydrogens is 532 g/mol. The Kier molecular flexibility index (Phi) is 11.3. The third kappa shape index (κ3) is 10.9. The Morgan fingerprint density at radius 3 is 2.35 bits per heavy atom. The molecule has 0 atom stereocenters. The second kappa shape index (κ2) is 14.8. The minimum atomic E-state index is -0.611. The number of nitrogens with one attached hydrogen (secondary N) is 1. The molecule has 0 heterocycles. The number of carbonyl (C=O) groups excluding carboxylic acids is 3. The lowest BCUT2D eigenvalue weighted by atomic mass is 10.1. The third-order valence-corrected chi connectivity index (χ3v) is 5.80. The fourth-order valence-electron chi connectivity index (χ4n) is 3.51. The zero-order chi connectivity index (χ0) is 29.0. The van der Waals surface area contributed by atoms with Crippen LogP contribution in [0.25, 0.3) is 0 Å². The molecule has 0 spiro atoms. The molecule has 0 fully saturated rings. The number of hydrogen-bond donors (Lipinski definition) is 1. The van der Waals surface area contributed by atoms with E-state index < -0.39 is 17.7 Å². The first-order chi connectivity index (χ1) is 19.1. The van der Waals surface area contributed by atoms with E-state index in [4.69, 9.17) is 25.8 Å². The zero-order valence-electron chi connectivity index (χ0n) is 22.8. The van der Waals surface area contributed by atoms with Gasteiger partial charge in [-0.15, -0.1) is 0 Å². The van der Waals surface area contributed by atoms with Crippen molar-refractivity contribution in [3.63, 3.8) is 0 Å². The van der Waals surface area contributed by atoms with Crippen LogP contribution in [-0.4, -0.2) is 30.0 Å². The second-order valence-corrected chi connectivity index (χ2v) is 10.4. The fourth-order valence-corrected chi connectivity index (χ4v) is 3.77. The maximum Gasteiger partial charge on any atom is 0.412 e. The van der Waals surface area contributed by atoms with Gasteiger partial charge in [-0.1, -0.05) is 48.0 Å². The van der Waals surface area contributed by atoms with Crippen LogP contribution in [0.3, 0.4) is 0 Å². The molecule has 0 aliphatic carbocycles. The number of hydrogen-bond acceptors (Lipinski definition) is 7. The van der Waals surface area contributed by atoms with Gasteiger partial charge in [-0.05, 0) is 87.6 Å². The highest BCUT2D eigenvalue weighted by Crippen LogP contribution is 2.25. The summed E-state index contributed by atoms with van der Waals surface area (Å²) in [5.41, 5.74) is 2.12. The second-order valence-electron chi connectivity index (χ2n) is 9.95. The molecule has 40 heavy (non-hydrogen) atoms. The Balaban J connectivity index is 1.41. The van der Waals surface area contributed by atoms with Crippen LogP contribution in [0.4, 0.5) is 10.5 Å². The molecule has 0 bridgehead atoms. The van der Waals surface area contributed by atoms with Crippen molar-refractivity contribution in [2.45, 2.75) is 58.7 Å². The summed E-state index contributed by atoms with van der Waals surface area (Å²) in [6.45, 7) is 5.57. The zero-order valence-corrected chi connectivity index (χ0v) is 23.6. The van der Waals surface area contributed by atoms with Crippen molar-refractivity contribution in [2.24, 2.45) is 4.99 Å². The van der Waals surface area contributed by atoms with Gasteiger partial charge in [-0.3, -0.25) is 10.1 Å². The van der Waals surface area contributed by atoms with E-state index >= 15 is 0 Å². The van der Waals surface area contributed by atoms with Gasteiger partial charge in [0.25, 0.3) is 0 Å². The average Bonchev–Trinajstić information content (AvgIpc) is 2.91. The first kappa shape index (κ1) is 30.4. The number of carbonyl (C=O) groups is 3. The number of aryl methyl sites for hydroxylation is 1. The minimum Gasteiger partial charge on any atom is -0.461 e. The van der Waals surface area contributed by atoms with Gasteiger partial charge in [0.2, 0.25) is 0 Å². The number of halogens is 1. The summed E-state index contributed by atoms with van der Waals surface area (Å²) in [6, 6.07) is 21.1. The van der Waals surface area contributed by atoms with Crippen molar-refractivity contribution in [3.8, 4) is 5.75 Å². The van der Waals surface area contributed by atoms with Gasteiger partial charge >= 0.3 is 18.0 Å². The number of aliphatic imine (C=N–C) groups is 1. The molecule has 0 saturated heterocycles. The lowest BCUT2D eigenvalue weighted by Crippen LogP contribution is -2.31. The Morgan fingerprint density at radius 2 is 1.68 bits per heavy atom. The highest BCUT2D eigenvalue weighted by molar-refractivity contribution is 6.31. The SMILES string of the molecule is CC(C)(C)OC(=O)NC=Nc1ccc(C(=O)Oc2ccc(CCCCC(=O)OCc3ccccc3)c(Cl)c2)cc1. The maximum atomic E-state index is 12.6. The Labute approximate surface area is 239 Å². The van der Waals surface area contributed by atoms with Crippen LogP contribution in [0.2, 0.25) is 5.02 Å². The monoisotopic (exact) mass is 564 g/mol. The van der Waals surface area contributed by atoms with E-state index in [-0.39, 0.29) is 12.6 Å². The predicted molar refractivity (Wildman–Crippen MR) is 154 cm³/mol. The number of esters is 2. The summed E-state index contributed by atoms with van der Waals surface area (Å²) in [7, 11) is 0. The number of benzene rings is 3. The maximum absolute atomic E-state index is 12.6. The van der Waals surface area contributed by atoms with Gasteiger partial charge in [0.05, 0.1) is 17.6 Å². The molecule has 210 valence electrons. The molecule has 3 aromatic carbocycles. The summed E-state index contributed by atoms with van der Waals surface area (Å²) in [6.07, 6.45) is 3.08. The van der Waals surface area contributed by atoms with E-state index in [1.807, 2.05) is 36.4 Å². The number of amides is 1. The molecular formula is C31H33ClN2O6. The summed E-state index contributed by atoms with van der Waals surface area (Å²) in [4.78, 5) is 40.3. The van der Waals surface area contributed by atoms with Crippen LogP contribution in [0.1, 0.15) is 61.5 Å². The lowest BCUT2D eigenvalue weighted by Gasteiger charge is -2.18. The van der Waals surface area contributed by atoms with Crippen LogP contribution in [-0.2, 0) is 27.3 Å². The van der Waals surface area contributed by atoms with E-state index in [1.54, 1.807) is 57.2 Å². The molecule has 0 radical (unpaired) electrons. The van der Waals surface area contributed by atoms with Crippen LogP contribution in [0.5, 0.6) is 5.75 Å². The molecule has 1 amide bonds. The van der Waals surface area contributed by atoms with Gasteiger partial charge in [0.1, 0.15) is 18.0 Å². The van der Waals surface area contributed by atoms with E-state index in [2.05, 4.69) is 10.3 Å². The van der Waals surface area contributed by atoms with Crippen LogP contribution < -0.4 is 10.1 Å². The molecule has 0 aliphatic heterocycles. The summed E-state index contributed by atoms with van der Waals surface area (Å²) in [5, 5.41) is 2.91. The molecule has 1 N–H and O–H groups in total. The molecule has 3 aromatic rings. The first-order valence-corrected chi connectivity index (χ1v) is 13.3. The Bertz CT molecular complexity index is 1320. The highest BCUT2D eigenvalue weighted by atomic mass is 35.5. The summed E-state index contributed by atoms with van der Waals surface area (Å²) in [5.74, 6) is -0.443. The standard InChI is InChI=1S/C31H33ClN2O6/c1-31(2,3)40-30(37)34-21-33-25-16-13-24(14-17-25)29(36)39-26-18-15-23(27(32)19-26)11-7-8-12-28(35)38-20-22-9-5-4-6-10-22/h4-6,9-10,13-19,21H,7-8,11-12,20H2,1-3H3,(H,33,34,37). The van der Waals surface area contributed by atoms with E-state index in [9.17, 15) is 14.4 Å². The molecule has 0 saturated carbocycles. The smallest absolute Gasteiger partial charge is 0.412 e. The van der Waals surface area contributed by atoms with Crippen molar-refractivity contribution in [3.05, 3.63) is 94.5 Å². The van der Waals surface area contributed by atoms with Gasteiger partial charge in [0, 0.05) is 11.4 Å². The van der Waals surface area contributed by atoms with Gasteiger partial charge in [-0.25, -0.2) is 14.6 Å². The van der Waals surface area contributed by atoms with Crippen LogP contribution in [0.15, 0.2) is 77.8 Å². The number of alkyl carbamates (subject to hydrolysis) is 1. The van der Waals surface area contributed by atoms with Gasteiger partial charge < -0.3 is 14.2 Å². The van der Waals surface area contributed by atoms with Crippen molar-refractivity contribution in [1.82, 2.24) is 5.32 Å². The lowest BCUT2D eigenvalue weighted by molar-refractivity contribution is -0.145. The van der Waals surface area contributed by atoms with E-state index in [1.165, 1.54) is 6.34 Å². The van der Waals surface area contributed by atoms with E-state index in [0.29, 0.717) is 41.3 Å². The van der Waals surface area contributed by atoms with Crippen molar-refractivity contribution in [1.29, 1.82) is 0 Å². The van der Waals surface area contributed by atoms with Crippen molar-refractivity contribution in [2.75, 3.05) is 0 Å². The highest BCUT2D eigenvalue weighted by Gasteiger charge is 2.15. The Hall–Kier alpha value is -4.17. The fraction of sp³-hybridized carbons (Fsp3) is 0.290. The number of ether oxygens (including phenoxy) is 3. The van der Waals surface area contributed by atoms with Crippen molar-refractivity contribution < 1.29 is 28.6 Å². The Morgan fingerprint density at radius 1 is 0.950 bits per heavy atom. The molecule has 8 nitrogen and oxygen atoms in total. The van der Waals surface area contributed by atoms with Crippen LogP contribution >= 0.6 is 11.6 Å². The average molecular weight is 565 g/mol. The topological polar surface area (TPSA) is 103 Å². The van der Waals surface area contributed by atoms with Crippen LogP contribution in [0, 0.1) is 0 Å². The van der Waals surface area contributed by atoms with Gasteiger partial charge in [-0.2, -0.15) is 0 Å². The molecule has 0 aliphatic rings. The summed E-state index contributed by atoms with van der Waals surface area (Å²) < 4.78 is 15.9. The summed E-state index contributed by atoms with van der Waals surface area (Å²) >= 11 is 6.41. The predicted octanol–water partition coefficient (Wildman–Crippen LogP) is 7.20. The largest absolute Gasteiger partial charge is 0.461 e. The van der Waals surface area contributed by atoms with E-state index in [0.717, 1.165) is 17.5 Å². The normalized spacial score (nSPS) is 11.2. The third-order valence-electron chi connectivity index (χ3n) is 5.45. The van der Waals surface area contributed by atoms with Gasteiger partial charge in [0.15, 0.2) is 0 Å². The minimum absolute atomic E-state index is 0.227. The number of rotatable bonds is 11. The molecule has 3 rings (SSSR count). The molecule has 0 unspecified atom stereocenters. The molecule has 0 aromatic heterocycles. The number of nitrogens with zero attached hydrogens (tertiary/aromatic N) is 1. The molecule has 9 heteroatoms. The van der Waals surface area contributed by atoms with Crippen molar-refractivity contribution >= 4 is 41.7 Å². The first-order valence-electron chi connectivity index (χ1n) is 12.9.